The lowest BCUT2D eigenvalue weighted by Crippen LogP contribution is -2.41. The molecule has 1 aromatic heterocycles. The van der Waals surface area contributed by atoms with E-state index in [1.807, 2.05) is 18.3 Å². The molecule has 7 heteroatoms. The fraction of sp³-hybridized carbons (Fsp3) is 0.444. The summed E-state index contributed by atoms with van der Waals surface area (Å²) in [7, 11) is 1.69. The van der Waals surface area contributed by atoms with Gasteiger partial charge in [0.1, 0.15) is 11.5 Å². The molecule has 1 aliphatic carbocycles. The van der Waals surface area contributed by atoms with Crippen LogP contribution in [0.3, 0.4) is 0 Å². The summed E-state index contributed by atoms with van der Waals surface area (Å²) in [6.45, 7) is 3.85. The number of nitrogens with one attached hydrogen (secondary N) is 1. The number of benzene rings is 2. The van der Waals surface area contributed by atoms with Crippen molar-refractivity contribution in [3.05, 3.63) is 59.3 Å². The maximum atomic E-state index is 14.3. The molecule has 34 heavy (non-hydrogen) atoms. The zero-order valence-electron chi connectivity index (χ0n) is 19.6. The molecule has 0 unspecified atom stereocenters. The van der Waals surface area contributed by atoms with Crippen molar-refractivity contribution in [1.29, 1.82) is 0 Å². The molecule has 0 bridgehead atoms. The van der Waals surface area contributed by atoms with Crippen LogP contribution in [-0.2, 0) is 11.3 Å². The molecular formula is C27H30F2N2O3. The average molecular weight is 469 g/mol. The van der Waals surface area contributed by atoms with Gasteiger partial charge in [-0.2, -0.15) is 0 Å². The molecule has 3 aromatic rings. The minimum Gasteiger partial charge on any atom is -0.496 e. The van der Waals surface area contributed by atoms with Gasteiger partial charge in [-0.05, 0) is 73.5 Å². The molecule has 0 amide bonds. The zero-order chi connectivity index (χ0) is 23.9. The summed E-state index contributed by atoms with van der Waals surface area (Å²) in [5.41, 5.74) is 4.01. The number of ether oxygens (including phenoxy) is 2. The molecule has 2 fully saturated rings. The Kier molecular flexibility index (Phi) is 5.84. The van der Waals surface area contributed by atoms with Gasteiger partial charge in [0.25, 0.3) is 6.47 Å². The first-order valence-corrected chi connectivity index (χ1v) is 11.8. The minimum atomic E-state index is -2.58. The van der Waals surface area contributed by atoms with E-state index >= 15 is 0 Å². The first-order chi connectivity index (χ1) is 16.3. The highest BCUT2D eigenvalue weighted by Crippen LogP contribution is 2.56. The van der Waals surface area contributed by atoms with Gasteiger partial charge >= 0.3 is 0 Å². The van der Waals surface area contributed by atoms with Crippen LogP contribution in [0.1, 0.15) is 54.8 Å². The summed E-state index contributed by atoms with van der Waals surface area (Å²) < 4.78 is 39.3. The van der Waals surface area contributed by atoms with Crippen LogP contribution in [0.5, 0.6) is 11.5 Å². The van der Waals surface area contributed by atoms with Crippen LogP contribution >= 0.6 is 0 Å². The highest BCUT2D eigenvalue weighted by molar-refractivity contribution is 5.88. The molecule has 1 saturated heterocycles. The summed E-state index contributed by atoms with van der Waals surface area (Å²) in [5, 5.41) is 1.12. The van der Waals surface area contributed by atoms with Gasteiger partial charge in [-0.15, -0.1) is 0 Å². The lowest BCUT2D eigenvalue weighted by atomic mass is 9.72. The number of carbonyl (C=O) groups is 1. The Morgan fingerprint density at radius 3 is 2.65 bits per heavy atom. The van der Waals surface area contributed by atoms with Crippen molar-refractivity contribution >= 4 is 17.4 Å². The van der Waals surface area contributed by atoms with Crippen molar-refractivity contribution in [1.82, 2.24) is 9.88 Å². The number of carbonyl (C=O) groups excluding carboxylic acids is 1. The monoisotopic (exact) mass is 468 g/mol. The quantitative estimate of drug-likeness (QED) is 0.440. The number of likely N-dealkylation sites (tertiary alicyclic amines) is 1. The maximum absolute atomic E-state index is 14.3. The maximum Gasteiger partial charge on any atom is 0.298 e. The van der Waals surface area contributed by atoms with Gasteiger partial charge in [0.05, 0.1) is 7.11 Å². The summed E-state index contributed by atoms with van der Waals surface area (Å²) >= 11 is 0. The number of H-pyrrole nitrogens is 1. The Morgan fingerprint density at radius 2 is 1.97 bits per heavy atom. The van der Waals surface area contributed by atoms with E-state index in [2.05, 4.69) is 28.9 Å². The van der Waals surface area contributed by atoms with Crippen LogP contribution in [-0.4, -0.2) is 35.9 Å². The highest BCUT2D eigenvalue weighted by atomic mass is 19.3. The summed E-state index contributed by atoms with van der Waals surface area (Å²) in [6.07, 6.45) is 3.88. The Morgan fingerprint density at radius 1 is 1.18 bits per heavy atom. The van der Waals surface area contributed by atoms with Gasteiger partial charge < -0.3 is 14.5 Å². The molecule has 1 N–H and O–H groups in total. The zero-order valence-corrected chi connectivity index (χ0v) is 19.6. The molecule has 1 spiro atoms. The molecule has 2 atom stereocenters. The molecule has 1 saturated carbocycles. The van der Waals surface area contributed by atoms with E-state index in [4.69, 9.17) is 9.47 Å². The van der Waals surface area contributed by atoms with Gasteiger partial charge in [0.15, 0.2) is 0 Å². The fourth-order valence-electron chi connectivity index (χ4n) is 6.07. The number of hydrogen-bond donors (Lipinski definition) is 1. The summed E-state index contributed by atoms with van der Waals surface area (Å²) in [6, 6.07) is 11.5. The Balaban J connectivity index is 1.51. The van der Waals surface area contributed by atoms with E-state index in [-0.39, 0.29) is 24.3 Å². The lowest BCUT2D eigenvalue weighted by molar-refractivity contribution is -0.120. The van der Waals surface area contributed by atoms with E-state index in [9.17, 15) is 13.6 Å². The molecule has 1 aliphatic heterocycles. The molecule has 2 aromatic carbocycles. The Labute approximate surface area is 198 Å². The molecule has 2 heterocycles. The first kappa shape index (κ1) is 22.8. The second kappa shape index (κ2) is 8.69. The van der Waals surface area contributed by atoms with Crippen molar-refractivity contribution in [2.75, 3.05) is 13.7 Å². The third kappa shape index (κ3) is 4.17. The Hall–Kier alpha value is -2.93. The first-order valence-electron chi connectivity index (χ1n) is 11.8. The van der Waals surface area contributed by atoms with Crippen LogP contribution in [0.25, 0.3) is 10.9 Å². The van der Waals surface area contributed by atoms with Gasteiger partial charge in [0, 0.05) is 48.1 Å². The SMILES string of the molecule is COc1cc(C)c2[nH]ccc2c1CN1CC[C@@]2(CCC(F)(F)C2)C[C@@H]1c1ccc(OC=O)cc1. The minimum absolute atomic E-state index is 0.0204. The van der Waals surface area contributed by atoms with Gasteiger partial charge in [0.2, 0.25) is 5.92 Å². The van der Waals surface area contributed by atoms with Gasteiger partial charge in [-0.1, -0.05) is 12.1 Å². The highest BCUT2D eigenvalue weighted by Gasteiger charge is 2.52. The van der Waals surface area contributed by atoms with Crippen molar-refractivity contribution in [2.24, 2.45) is 5.41 Å². The number of aromatic amines is 1. The van der Waals surface area contributed by atoms with E-state index < -0.39 is 5.92 Å². The largest absolute Gasteiger partial charge is 0.496 e. The number of nitrogens with zero attached hydrogens (tertiary/aromatic N) is 1. The molecule has 180 valence electrons. The molecule has 5 rings (SSSR count). The number of fused-ring (bicyclic) bond motifs is 1. The third-order valence-electron chi connectivity index (χ3n) is 7.79. The van der Waals surface area contributed by atoms with Crippen LogP contribution in [0.15, 0.2) is 42.6 Å². The van der Waals surface area contributed by atoms with Crippen molar-refractivity contribution in [2.45, 2.75) is 57.5 Å². The standard InChI is InChI=1S/C27H30F2N2O3/c1-18-13-24(33-2)22(21-7-11-30-25(18)21)15-31-12-10-26(8-9-27(28,29)16-26)14-23(31)19-3-5-20(6-4-19)34-17-32/h3-7,11,13,17,23,30H,8-10,12,14-16H2,1-2H3/t23-,26+/m1/s1. The number of aromatic nitrogens is 1. The third-order valence-corrected chi connectivity index (χ3v) is 7.79. The molecular weight excluding hydrogens is 438 g/mol. The number of aryl methyl sites for hydroxylation is 1. The number of piperidine rings is 1. The molecule has 5 nitrogen and oxygen atoms in total. The summed E-state index contributed by atoms with van der Waals surface area (Å²) in [4.78, 5) is 16.4. The number of halogens is 2. The normalized spacial score (nSPS) is 24.5. The number of hydrogen-bond acceptors (Lipinski definition) is 4. The average Bonchev–Trinajstić information content (AvgIpc) is 3.42. The summed E-state index contributed by atoms with van der Waals surface area (Å²) in [5.74, 6) is -1.27. The number of methoxy groups -OCH3 is 1. The Bertz CT molecular complexity index is 1190. The van der Waals surface area contributed by atoms with Gasteiger partial charge in [-0.3, -0.25) is 9.69 Å². The van der Waals surface area contributed by atoms with E-state index in [1.165, 1.54) is 0 Å². The lowest BCUT2D eigenvalue weighted by Gasteiger charge is -2.45. The van der Waals surface area contributed by atoms with Crippen LogP contribution in [0.2, 0.25) is 0 Å². The fourth-order valence-corrected chi connectivity index (χ4v) is 6.07. The van der Waals surface area contributed by atoms with E-state index in [0.29, 0.717) is 31.6 Å². The topological polar surface area (TPSA) is 54.6 Å². The van der Waals surface area contributed by atoms with Crippen LogP contribution in [0, 0.1) is 12.3 Å². The second-order valence-corrected chi connectivity index (χ2v) is 9.90. The van der Waals surface area contributed by atoms with Crippen molar-refractivity contribution in [3.63, 3.8) is 0 Å². The second-order valence-electron chi connectivity index (χ2n) is 9.90. The van der Waals surface area contributed by atoms with E-state index in [0.717, 1.165) is 46.3 Å². The molecule has 0 radical (unpaired) electrons. The van der Waals surface area contributed by atoms with Crippen molar-refractivity contribution < 1.29 is 23.0 Å². The molecule has 2 aliphatic rings. The number of alkyl halides is 2. The predicted molar refractivity (Wildman–Crippen MR) is 126 cm³/mol. The number of rotatable bonds is 6. The van der Waals surface area contributed by atoms with Crippen LogP contribution < -0.4 is 9.47 Å². The van der Waals surface area contributed by atoms with E-state index in [1.54, 1.807) is 19.2 Å². The van der Waals surface area contributed by atoms with Gasteiger partial charge in [-0.25, -0.2) is 8.78 Å². The van der Waals surface area contributed by atoms with Crippen molar-refractivity contribution in [3.8, 4) is 11.5 Å². The smallest absolute Gasteiger partial charge is 0.298 e. The van der Waals surface area contributed by atoms with Crippen LogP contribution in [0.4, 0.5) is 8.78 Å². The predicted octanol–water partition coefficient (Wildman–Crippen LogP) is 6.16.